The van der Waals surface area contributed by atoms with Gasteiger partial charge in [-0.3, -0.25) is 4.79 Å². The second kappa shape index (κ2) is 3.70. The van der Waals surface area contributed by atoms with E-state index >= 15 is 0 Å². The molecule has 102 valence electrons. The van der Waals surface area contributed by atoms with Crippen molar-refractivity contribution in [3.8, 4) is 0 Å². The summed E-state index contributed by atoms with van der Waals surface area (Å²) in [5.41, 5.74) is 0.398. The van der Waals surface area contributed by atoms with Gasteiger partial charge in [0.25, 0.3) is 0 Å². The fourth-order valence-electron chi connectivity index (χ4n) is 5.75. The van der Waals surface area contributed by atoms with Gasteiger partial charge in [-0.2, -0.15) is 0 Å². The molecule has 19 heavy (non-hydrogen) atoms. The van der Waals surface area contributed by atoms with Crippen LogP contribution in [0.25, 0.3) is 0 Å². The summed E-state index contributed by atoms with van der Waals surface area (Å²) in [5.74, 6) is 2.79. The molecule has 4 atom stereocenters. The van der Waals surface area contributed by atoms with Crippen LogP contribution in [0.1, 0.15) is 49.8 Å². The van der Waals surface area contributed by atoms with Crippen molar-refractivity contribution in [2.24, 2.45) is 17.8 Å². The first-order chi connectivity index (χ1) is 9.28. The third kappa shape index (κ3) is 1.33. The number of rotatable bonds is 0. The number of aromatic nitrogens is 1. The van der Waals surface area contributed by atoms with Gasteiger partial charge in [-0.05, 0) is 49.9 Å². The fourth-order valence-corrected chi connectivity index (χ4v) is 8.92. The Labute approximate surface area is 121 Å². The van der Waals surface area contributed by atoms with Crippen molar-refractivity contribution >= 4 is 23.1 Å². The molecule has 0 aromatic carbocycles. The number of nitrogens with one attached hydrogen (secondary N) is 1. The maximum atomic E-state index is 11.8. The summed E-state index contributed by atoms with van der Waals surface area (Å²) >= 11 is 3.56. The minimum atomic E-state index is 0.177. The molecule has 1 aromatic heterocycles. The highest BCUT2D eigenvalue weighted by molar-refractivity contribution is 8.00. The molecule has 2 bridgehead atoms. The first-order valence-corrected chi connectivity index (χ1v) is 9.38. The van der Waals surface area contributed by atoms with Crippen molar-refractivity contribution in [3.63, 3.8) is 0 Å². The van der Waals surface area contributed by atoms with Crippen LogP contribution in [0.15, 0.2) is 9.82 Å². The van der Waals surface area contributed by atoms with Gasteiger partial charge in [0.15, 0.2) is 0 Å². The van der Waals surface area contributed by atoms with E-state index in [0.29, 0.717) is 5.41 Å². The molecular formula is C15H19NOS2. The van der Waals surface area contributed by atoms with E-state index in [1.54, 1.807) is 0 Å². The summed E-state index contributed by atoms with van der Waals surface area (Å²) in [7, 11) is 0. The minimum absolute atomic E-state index is 0.177. The topological polar surface area (TPSA) is 32.9 Å². The van der Waals surface area contributed by atoms with Crippen LogP contribution in [0.2, 0.25) is 0 Å². The molecule has 1 aromatic rings. The molecule has 0 unspecified atom stereocenters. The van der Waals surface area contributed by atoms with Crippen LogP contribution in [0.4, 0.5) is 0 Å². The molecule has 4 aliphatic rings. The van der Waals surface area contributed by atoms with E-state index in [2.05, 4.69) is 4.98 Å². The number of aromatic amines is 1. The molecule has 0 radical (unpaired) electrons. The largest absolute Gasteiger partial charge is 0.307 e. The molecule has 2 nitrogen and oxygen atoms in total. The Morgan fingerprint density at radius 2 is 1.95 bits per heavy atom. The number of hydrogen-bond donors (Lipinski definition) is 1. The van der Waals surface area contributed by atoms with E-state index in [1.165, 1.54) is 66.2 Å². The van der Waals surface area contributed by atoms with E-state index in [-0.39, 0.29) is 4.87 Å². The maximum absolute atomic E-state index is 11.8. The SMILES string of the molecule is O=c1[nH]c2c(s1)C1(CCCC1)[C@@H]1[C@@H]3CC[C@H](C3)[C@@H]1S2. The summed E-state index contributed by atoms with van der Waals surface area (Å²) in [6.07, 6.45) is 9.82. The van der Waals surface area contributed by atoms with Gasteiger partial charge in [0.05, 0.1) is 5.03 Å². The molecule has 4 heteroatoms. The lowest BCUT2D eigenvalue weighted by molar-refractivity contribution is 0.188. The monoisotopic (exact) mass is 293 g/mol. The lowest BCUT2D eigenvalue weighted by atomic mass is 9.65. The highest BCUT2D eigenvalue weighted by Gasteiger charge is 2.61. The number of fused-ring (bicyclic) bond motifs is 8. The quantitative estimate of drug-likeness (QED) is 0.790. The summed E-state index contributed by atoms with van der Waals surface area (Å²) in [4.78, 5) is 16.6. The van der Waals surface area contributed by atoms with E-state index in [1.807, 2.05) is 11.8 Å². The van der Waals surface area contributed by atoms with Crippen LogP contribution < -0.4 is 4.87 Å². The molecule has 0 amide bonds. The predicted octanol–water partition coefficient (Wildman–Crippen LogP) is 3.77. The van der Waals surface area contributed by atoms with Crippen LogP contribution in [0.5, 0.6) is 0 Å². The van der Waals surface area contributed by atoms with Crippen LogP contribution in [-0.2, 0) is 5.41 Å². The van der Waals surface area contributed by atoms with Crippen LogP contribution in [0.3, 0.4) is 0 Å². The number of H-pyrrole nitrogens is 1. The molecule has 5 rings (SSSR count). The first kappa shape index (κ1) is 11.4. The van der Waals surface area contributed by atoms with Gasteiger partial charge in [-0.1, -0.05) is 24.2 Å². The molecule has 2 heterocycles. The smallest absolute Gasteiger partial charge is 0.305 e. The lowest BCUT2D eigenvalue weighted by Crippen LogP contribution is -2.44. The summed E-state index contributed by atoms with van der Waals surface area (Å²) in [5, 5.41) is 2.07. The van der Waals surface area contributed by atoms with Crippen molar-refractivity contribution in [3.05, 3.63) is 14.5 Å². The first-order valence-electron chi connectivity index (χ1n) is 7.68. The average molecular weight is 293 g/mol. The van der Waals surface area contributed by atoms with Gasteiger partial charge >= 0.3 is 4.87 Å². The van der Waals surface area contributed by atoms with E-state index in [9.17, 15) is 4.79 Å². The Kier molecular flexibility index (Phi) is 2.23. The Hall–Kier alpha value is -0.220. The second-order valence-electron chi connectivity index (χ2n) is 6.98. The number of thiazole rings is 1. The number of thioether (sulfide) groups is 1. The number of hydrogen-bond acceptors (Lipinski definition) is 3. The Morgan fingerprint density at radius 1 is 1.16 bits per heavy atom. The van der Waals surface area contributed by atoms with Crippen molar-refractivity contribution in [2.75, 3.05) is 0 Å². The second-order valence-corrected chi connectivity index (χ2v) is 9.15. The lowest BCUT2D eigenvalue weighted by Gasteiger charge is -2.47. The molecule has 1 aliphatic heterocycles. The van der Waals surface area contributed by atoms with Crippen molar-refractivity contribution < 1.29 is 0 Å². The van der Waals surface area contributed by atoms with E-state index in [0.717, 1.165) is 23.0 Å². The zero-order valence-electron chi connectivity index (χ0n) is 11.0. The Bertz CT molecular complexity index is 583. The normalized spacial score (nSPS) is 41.7. The molecule has 3 fully saturated rings. The molecule has 1 N–H and O–H groups in total. The van der Waals surface area contributed by atoms with Gasteiger partial charge in [0.1, 0.15) is 0 Å². The average Bonchev–Trinajstić information content (AvgIpc) is 3.12. The van der Waals surface area contributed by atoms with Crippen molar-refractivity contribution in [1.82, 2.24) is 4.98 Å². The third-order valence-electron chi connectivity index (χ3n) is 6.30. The zero-order valence-corrected chi connectivity index (χ0v) is 12.6. The maximum Gasteiger partial charge on any atom is 0.305 e. The van der Waals surface area contributed by atoms with Crippen molar-refractivity contribution in [1.29, 1.82) is 0 Å². The molecular weight excluding hydrogens is 274 g/mol. The van der Waals surface area contributed by atoms with E-state index < -0.39 is 0 Å². The van der Waals surface area contributed by atoms with Gasteiger partial charge in [0, 0.05) is 15.5 Å². The van der Waals surface area contributed by atoms with Gasteiger partial charge in [0.2, 0.25) is 0 Å². The molecule has 0 saturated heterocycles. The molecule has 3 aliphatic carbocycles. The minimum Gasteiger partial charge on any atom is -0.307 e. The Morgan fingerprint density at radius 3 is 2.79 bits per heavy atom. The van der Waals surface area contributed by atoms with Gasteiger partial charge in [-0.15, -0.1) is 11.8 Å². The molecule has 1 spiro atoms. The van der Waals surface area contributed by atoms with E-state index in [4.69, 9.17) is 0 Å². The standard InChI is InChI=1S/C15H19NOS2/c17-14-16-13-12(19-14)15(5-1-2-6-15)10-8-3-4-9(7-8)11(10)18-13/h8-11H,1-7H2,(H,16,17)/t8-,9-,10-,11+/m1/s1. The van der Waals surface area contributed by atoms with Crippen LogP contribution >= 0.6 is 23.1 Å². The summed E-state index contributed by atoms with van der Waals surface area (Å²) in [6, 6.07) is 0. The highest BCUT2D eigenvalue weighted by Crippen LogP contribution is 2.67. The zero-order chi connectivity index (χ0) is 12.6. The highest BCUT2D eigenvalue weighted by atomic mass is 32.2. The predicted molar refractivity (Wildman–Crippen MR) is 79.1 cm³/mol. The van der Waals surface area contributed by atoms with Crippen LogP contribution in [-0.4, -0.2) is 10.2 Å². The third-order valence-corrected chi connectivity index (χ3v) is 9.02. The van der Waals surface area contributed by atoms with Gasteiger partial charge < -0.3 is 4.98 Å². The van der Waals surface area contributed by atoms with Crippen LogP contribution in [0, 0.1) is 17.8 Å². The Balaban J connectivity index is 1.73. The summed E-state index contributed by atoms with van der Waals surface area (Å²) in [6.45, 7) is 0. The van der Waals surface area contributed by atoms with Crippen molar-refractivity contribution in [2.45, 2.75) is 60.6 Å². The van der Waals surface area contributed by atoms with Gasteiger partial charge in [-0.25, -0.2) is 0 Å². The summed E-state index contributed by atoms with van der Waals surface area (Å²) < 4.78 is 0. The molecule has 3 saturated carbocycles. The fraction of sp³-hybridized carbons (Fsp3) is 0.800.